The van der Waals surface area contributed by atoms with Gasteiger partial charge in [0.25, 0.3) is 0 Å². The van der Waals surface area contributed by atoms with E-state index in [-0.39, 0.29) is 5.78 Å². The van der Waals surface area contributed by atoms with Gasteiger partial charge in [0.05, 0.1) is 12.8 Å². The molecule has 0 aromatic heterocycles. The molecule has 0 N–H and O–H groups in total. The normalized spacial score (nSPS) is 11.0. The molecule has 4 aromatic rings. The Balaban J connectivity index is 1.35. The molecule has 4 rings (SSSR count). The summed E-state index contributed by atoms with van der Waals surface area (Å²) in [6.45, 7) is 0. The van der Waals surface area contributed by atoms with Crippen LogP contribution in [0.2, 0.25) is 0 Å². The van der Waals surface area contributed by atoms with E-state index in [4.69, 9.17) is 9.47 Å². The van der Waals surface area contributed by atoms with Crippen LogP contribution in [0.1, 0.15) is 31.8 Å². The van der Waals surface area contributed by atoms with E-state index in [1.165, 1.54) is 7.11 Å². The fraction of sp³-hybridized carbons (Fsp3) is 0.0333. The number of rotatable bonds is 8. The second-order valence-corrected chi connectivity index (χ2v) is 7.57. The number of ether oxygens (including phenoxy) is 2. The predicted octanol–water partition coefficient (Wildman–Crippen LogP) is 6.56. The molecule has 0 unspecified atom stereocenters. The molecule has 4 aromatic carbocycles. The standard InChI is InChI=1S/C30H23NO4/c1-34-29-10-6-5-9-27(29)30(33)35-26-18-11-23(12-19-26)21-31-25-16-14-24(15-17-25)28(32)20-13-22-7-3-2-4-8-22/h2-21H,1H3/b20-13+,31-21?. The van der Waals surface area contributed by atoms with E-state index >= 15 is 0 Å². The summed E-state index contributed by atoms with van der Waals surface area (Å²) in [5.41, 5.74) is 3.49. The van der Waals surface area contributed by atoms with E-state index in [0.29, 0.717) is 22.6 Å². The molecule has 0 heterocycles. The Morgan fingerprint density at radius 3 is 2.14 bits per heavy atom. The molecule has 0 aliphatic carbocycles. The van der Waals surface area contributed by atoms with Crippen molar-refractivity contribution in [2.75, 3.05) is 7.11 Å². The summed E-state index contributed by atoms with van der Waals surface area (Å²) in [6.07, 6.45) is 5.07. The van der Waals surface area contributed by atoms with Crippen LogP contribution in [-0.4, -0.2) is 25.1 Å². The average molecular weight is 462 g/mol. The summed E-state index contributed by atoms with van der Waals surface area (Å²) < 4.78 is 10.7. The molecule has 35 heavy (non-hydrogen) atoms. The number of nitrogens with zero attached hydrogens (tertiary/aromatic N) is 1. The molecule has 0 amide bonds. The lowest BCUT2D eigenvalue weighted by Gasteiger charge is -2.08. The molecule has 5 nitrogen and oxygen atoms in total. The average Bonchev–Trinajstić information content (AvgIpc) is 2.92. The van der Waals surface area contributed by atoms with Gasteiger partial charge in [-0.25, -0.2) is 4.79 Å². The molecule has 0 aliphatic rings. The second kappa shape index (κ2) is 11.4. The molecule has 172 valence electrons. The van der Waals surface area contributed by atoms with Crippen molar-refractivity contribution in [2.45, 2.75) is 0 Å². The maximum atomic E-state index is 12.4. The van der Waals surface area contributed by atoms with Gasteiger partial charge in [-0.15, -0.1) is 0 Å². The fourth-order valence-corrected chi connectivity index (χ4v) is 3.29. The number of benzene rings is 4. The number of carbonyl (C=O) groups is 2. The Morgan fingerprint density at radius 2 is 1.43 bits per heavy atom. The topological polar surface area (TPSA) is 65.0 Å². The summed E-state index contributed by atoms with van der Waals surface area (Å²) in [7, 11) is 1.51. The van der Waals surface area contributed by atoms with Crippen LogP contribution in [0, 0.1) is 0 Å². The first kappa shape index (κ1) is 23.4. The number of para-hydroxylation sites is 1. The van der Waals surface area contributed by atoms with Gasteiger partial charge < -0.3 is 9.47 Å². The third kappa shape index (κ3) is 6.39. The second-order valence-electron chi connectivity index (χ2n) is 7.57. The molecule has 5 heteroatoms. The zero-order valence-corrected chi connectivity index (χ0v) is 19.1. The molecule has 0 saturated heterocycles. The third-order valence-corrected chi connectivity index (χ3v) is 5.16. The van der Waals surface area contributed by atoms with Crippen LogP contribution < -0.4 is 9.47 Å². The lowest BCUT2D eigenvalue weighted by atomic mass is 10.1. The number of ketones is 1. The van der Waals surface area contributed by atoms with E-state index in [1.54, 1.807) is 91.2 Å². The number of methoxy groups -OCH3 is 1. The molecule has 0 radical (unpaired) electrons. The summed E-state index contributed by atoms with van der Waals surface area (Å²) in [5.74, 6) is 0.324. The van der Waals surface area contributed by atoms with Crippen molar-refractivity contribution in [3.05, 3.63) is 131 Å². The summed E-state index contributed by atoms with van der Waals surface area (Å²) in [6, 6.07) is 30.7. The third-order valence-electron chi connectivity index (χ3n) is 5.16. The Bertz CT molecular complexity index is 1360. The van der Waals surface area contributed by atoms with Crippen molar-refractivity contribution in [1.82, 2.24) is 0 Å². The number of hydrogen-bond acceptors (Lipinski definition) is 5. The largest absolute Gasteiger partial charge is 0.496 e. The van der Waals surface area contributed by atoms with Gasteiger partial charge in [-0.1, -0.05) is 48.5 Å². The molecule has 0 saturated carbocycles. The van der Waals surface area contributed by atoms with E-state index in [9.17, 15) is 9.59 Å². The van der Waals surface area contributed by atoms with Gasteiger partial charge in [0.1, 0.15) is 17.1 Å². The maximum absolute atomic E-state index is 12.4. The molecule has 0 bridgehead atoms. The Morgan fingerprint density at radius 1 is 0.743 bits per heavy atom. The van der Waals surface area contributed by atoms with Crippen LogP contribution in [0.5, 0.6) is 11.5 Å². The lowest BCUT2D eigenvalue weighted by molar-refractivity contribution is 0.0731. The first-order valence-electron chi connectivity index (χ1n) is 11.0. The van der Waals surface area contributed by atoms with Gasteiger partial charge in [0.15, 0.2) is 5.78 Å². The highest BCUT2D eigenvalue weighted by molar-refractivity contribution is 6.07. The zero-order valence-electron chi connectivity index (χ0n) is 19.1. The van der Waals surface area contributed by atoms with Crippen molar-refractivity contribution in [1.29, 1.82) is 0 Å². The van der Waals surface area contributed by atoms with Crippen molar-refractivity contribution in [2.24, 2.45) is 4.99 Å². The van der Waals surface area contributed by atoms with Crippen molar-refractivity contribution < 1.29 is 19.1 Å². The van der Waals surface area contributed by atoms with Crippen molar-refractivity contribution >= 4 is 29.7 Å². The van der Waals surface area contributed by atoms with Gasteiger partial charge in [-0.3, -0.25) is 9.79 Å². The molecular formula is C30H23NO4. The molecule has 0 spiro atoms. The van der Waals surface area contributed by atoms with Crippen LogP contribution in [0.15, 0.2) is 114 Å². The minimum atomic E-state index is -0.489. The van der Waals surface area contributed by atoms with Crippen LogP contribution in [-0.2, 0) is 0 Å². The van der Waals surface area contributed by atoms with Crippen LogP contribution in [0.25, 0.3) is 6.08 Å². The van der Waals surface area contributed by atoms with Gasteiger partial charge in [0.2, 0.25) is 0 Å². The van der Waals surface area contributed by atoms with Crippen LogP contribution >= 0.6 is 0 Å². The Hall–Kier alpha value is -4.77. The maximum Gasteiger partial charge on any atom is 0.347 e. The zero-order chi connectivity index (χ0) is 24.5. The highest BCUT2D eigenvalue weighted by atomic mass is 16.5. The van der Waals surface area contributed by atoms with Crippen molar-refractivity contribution in [3.63, 3.8) is 0 Å². The Labute approximate surface area is 204 Å². The smallest absolute Gasteiger partial charge is 0.347 e. The highest BCUT2D eigenvalue weighted by Gasteiger charge is 2.13. The lowest BCUT2D eigenvalue weighted by Crippen LogP contribution is -2.10. The molecule has 0 aliphatic heterocycles. The summed E-state index contributed by atoms with van der Waals surface area (Å²) >= 11 is 0. The minimum absolute atomic E-state index is 0.0670. The number of esters is 1. The Kier molecular flexibility index (Phi) is 7.61. The SMILES string of the molecule is COc1ccccc1C(=O)Oc1ccc(C=Nc2ccc(C(=O)/C=C/c3ccccc3)cc2)cc1. The number of allylic oxidation sites excluding steroid dienone is 1. The van der Waals surface area contributed by atoms with Crippen molar-refractivity contribution in [3.8, 4) is 11.5 Å². The van der Waals surface area contributed by atoms with E-state index < -0.39 is 5.97 Å². The monoisotopic (exact) mass is 461 g/mol. The van der Waals surface area contributed by atoms with E-state index in [2.05, 4.69) is 4.99 Å². The first-order chi connectivity index (χ1) is 17.1. The van der Waals surface area contributed by atoms with E-state index in [1.807, 2.05) is 30.3 Å². The number of aliphatic imine (C=N–C) groups is 1. The summed E-state index contributed by atoms with van der Waals surface area (Å²) in [4.78, 5) is 29.2. The number of hydrogen-bond donors (Lipinski definition) is 0. The molecule has 0 atom stereocenters. The minimum Gasteiger partial charge on any atom is -0.496 e. The van der Waals surface area contributed by atoms with Gasteiger partial charge in [-0.2, -0.15) is 0 Å². The van der Waals surface area contributed by atoms with Crippen LogP contribution in [0.3, 0.4) is 0 Å². The highest BCUT2D eigenvalue weighted by Crippen LogP contribution is 2.21. The predicted molar refractivity (Wildman–Crippen MR) is 138 cm³/mol. The number of carbonyl (C=O) groups excluding carboxylic acids is 2. The van der Waals surface area contributed by atoms with Crippen LogP contribution in [0.4, 0.5) is 5.69 Å². The van der Waals surface area contributed by atoms with E-state index in [0.717, 1.165) is 16.8 Å². The summed E-state index contributed by atoms with van der Waals surface area (Å²) in [5, 5.41) is 0. The van der Waals surface area contributed by atoms with Gasteiger partial charge >= 0.3 is 5.97 Å². The van der Waals surface area contributed by atoms with Gasteiger partial charge in [0, 0.05) is 11.8 Å². The quantitative estimate of drug-likeness (QED) is 0.0980. The first-order valence-corrected chi connectivity index (χ1v) is 11.0. The molecule has 0 fully saturated rings. The fourth-order valence-electron chi connectivity index (χ4n) is 3.29. The molecular weight excluding hydrogens is 438 g/mol. The van der Waals surface area contributed by atoms with Gasteiger partial charge in [-0.05, 0) is 77.9 Å².